The Morgan fingerprint density at radius 1 is 1.26 bits per heavy atom. The lowest BCUT2D eigenvalue weighted by atomic mass is 10.00. The summed E-state index contributed by atoms with van der Waals surface area (Å²) >= 11 is 0. The summed E-state index contributed by atoms with van der Waals surface area (Å²) in [5.41, 5.74) is 8.75. The third-order valence-electron chi connectivity index (χ3n) is 4.24. The molecule has 1 amide bonds. The first-order valence-electron chi connectivity index (χ1n) is 8.51. The smallest absolute Gasteiger partial charge is 0.244 e. The summed E-state index contributed by atoms with van der Waals surface area (Å²) in [5.74, 6) is 0.282. The largest absolute Gasteiger partial charge is 0.380 e. The van der Waals surface area contributed by atoms with Gasteiger partial charge in [0.2, 0.25) is 5.91 Å². The van der Waals surface area contributed by atoms with E-state index in [4.69, 9.17) is 10.3 Å². The van der Waals surface area contributed by atoms with E-state index in [0.29, 0.717) is 17.1 Å². The van der Waals surface area contributed by atoms with Crippen LogP contribution in [0.4, 0.5) is 10.2 Å². The number of nitrogens with two attached hydrogens (primary N) is 1. The molecule has 138 valence electrons. The van der Waals surface area contributed by atoms with Crippen LogP contribution in [0.15, 0.2) is 59.1 Å². The quantitative estimate of drug-likeness (QED) is 0.662. The van der Waals surface area contributed by atoms with Crippen LogP contribution in [0.25, 0.3) is 17.2 Å². The van der Waals surface area contributed by atoms with Gasteiger partial charge in [-0.15, -0.1) is 0 Å². The standard InChI is InChI=1S/C21H20FN3O2/c1-13(24-19(26)11-10-15-6-3-4-9-18(15)22)16-7-5-8-17(12-16)20-14(2)27-25-21(20)23/h3-13H,1-2H3,(H2,23,25)(H,24,26)/b11-10+/t13-/m0/s1. The fourth-order valence-corrected chi connectivity index (χ4v) is 2.82. The van der Waals surface area contributed by atoms with E-state index in [1.54, 1.807) is 25.1 Å². The first-order valence-corrected chi connectivity index (χ1v) is 8.51. The highest BCUT2D eigenvalue weighted by Gasteiger charge is 2.14. The zero-order valence-corrected chi connectivity index (χ0v) is 15.1. The van der Waals surface area contributed by atoms with Gasteiger partial charge in [-0.05, 0) is 43.2 Å². The van der Waals surface area contributed by atoms with Gasteiger partial charge in [-0.25, -0.2) is 4.39 Å². The van der Waals surface area contributed by atoms with Gasteiger partial charge in [-0.2, -0.15) is 0 Å². The number of carbonyl (C=O) groups excluding carboxylic acids is 1. The van der Waals surface area contributed by atoms with E-state index in [1.165, 1.54) is 18.2 Å². The first-order chi connectivity index (χ1) is 13.0. The van der Waals surface area contributed by atoms with Crippen molar-refractivity contribution in [3.8, 4) is 11.1 Å². The van der Waals surface area contributed by atoms with Crippen LogP contribution in [-0.2, 0) is 4.79 Å². The van der Waals surface area contributed by atoms with Crippen LogP contribution >= 0.6 is 0 Å². The monoisotopic (exact) mass is 365 g/mol. The zero-order chi connectivity index (χ0) is 19.4. The maximum atomic E-state index is 13.6. The van der Waals surface area contributed by atoms with Gasteiger partial charge in [0.25, 0.3) is 0 Å². The molecule has 6 heteroatoms. The minimum Gasteiger partial charge on any atom is -0.380 e. The second kappa shape index (κ2) is 7.86. The van der Waals surface area contributed by atoms with Gasteiger partial charge in [0.05, 0.1) is 11.6 Å². The van der Waals surface area contributed by atoms with Crippen LogP contribution in [0.2, 0.25) is 0 Å². The van der Waals surface area contributed by atoms with Gasteiger partial charge in [0.1, 0.15) is 11.6 Å². The Bertz CT molecular complexity index is 975. The van der Waals surface area contributed by atoms with E-state index in [1.807, 2.05) is 31.2 Å². The third kappa shape index (κ3) is 4.23. The van der Waals surface area contributed by atoms with Crippen molar-refractivity contribution in [3.63, 3.8) is 0 Å². The Kier molecular flexibility index (Phi) is 5.35. The summed E-state index contributed by atoms with van der Waals surface area (Å²) in [6, 6.07) is 13.7. The molecule has 0 spiro atoms. The highest BCUT2D eigenvalue weighted by molar-refractivity contribution is 5.92. The fraction of sp³-hybridized carbons (Fsp3) is 0.143. The van der Waals surface area contributed by atoms with Crippen molar-refractivity contribution in [2.45, 2.75) is 19.9 Å². The lowest BCUT2D eigenvalue weighted by molar-refractivity contribution is -0.117. The number of halogens is 1. The van der Waals surface area contributed by atoms with Crippen LogP contribution in [0.3, 0.4) is 0 Å². The predicted octanol–water partition coefficient (Wildman–Crippen LogP) is 4.26. The summed E-state index contributed by atoms with van der Waals surface area (Å²) < 4.78 is 18.7. The number of aryl methyl sites for hydroxylation is 1. The number of benzene rings is 2. The topological polar surface area (TPSA) is 81.2 Å². The molecule has 0 aliphatic heterocycles. The number of nitrogens with zero attached hydrogens (tertiary/aromatic N) is 1. The second-order valence-electron chi connectivity index (χ2n) is 6.21. The van der Waals surface area contributed by atoms with Crippen LogP contribution in [0.1, 0.15) is 29.9 Å². The number of nitrogen functional groups attached to an aromatic ring is 1. The van der Waals surface area contributed by atoms with Crippen molar-refractivity contribution in [1.29, 1.82) is 0 Å². The molecule has 3 aromatic rings. The summed E-state index contributed by atoms with van der Waals surface area (Å²) in [5, 5.41) is 6.64. The number of amides is 1. The Balaban J connectivity index is 1.73. The number of rotatable bonds is 5. The fourth-order valence-electron chi connectivity index (χ4n) is 2.82. The number of carbonyl (C=O) groups is 1. The molecule has 0 saturated heterocycles. The molecule has 0 radical (unpaired) electrons. The molecule has 27 heavy (non-hydrogen) atoms. The Labute approximate surface area is 156 Å². The maximum absolute atomic E-state index is 13.6. The Morgan fingerprint density at radius 3 is 2.74 bits per heavy atom. The minimum absolute atomic E-state index is 0.246. The van der Waals surface area contributed by atoms with E-state index in [-0.39, 0.29) is 17.8 Å². The second-order valence-corrected chi connectivity index (χ2v) is 6.21. The van der Waals surface area contributed by atoms with E-state index in [0.717, 1.165) is 16.7 Å². The molecule has 1 heterocycles. The van der Waals surface area contributed by atoms with E-state index < -0.39 is 0 Å². The predicted molar refractivity (Wildman–Crippen MR) is 103 cm³/mol. The van der Waals surface area contributed by atoms with Gasteiger partial charge < -0.3 is 15.6 Å². The van der Waals surface area contributed by atoms with Gasteiger partial charge in [0.15, 0.2) is 5.82 Å². The van der Waals surface area contributed by atoms with Crippen LogP contribution in [0.5, 0.6) is 0 Å². The zero-order valence-electron chi connectivity index (χ0n) is 15.1. The van der Waals surface area contributed by atoms with Crippen LogP contribution < -0.4 is 11.1 Å². The Morgan fingerprint density at radius 2 is 2.04 bits per heavy atom. The minimum atomic E-state index is -0.371. The molecule has 1 aromatic heterocycles. The highest BCUT2D eigenvalue weighted by atomic mass is 19.1. The van der Waals surface area contributed by atoms with E-state index >= 15 is 0 Å². The molecule has 0 unspecified atom stereocenters. The van der Waals surface area contributed by atoms with Crippen molar-refractivity contribution in [2.24, 2.45) is 0 Å². The number of aromatic nitrogens is 1. The van der Waals surface area contributed by atoms with Crippen molar-refractivity contribution in [3.05, 3.63) is 77.3 Å². The normalized spacial score (nSPS) is 12.3. The number of nitrogens with one attached hydrogen (secondary N) is 1. The van der Waals surface area contributed by atoms with Gasteiger partial charge in [-0.3, -0.25) is 4.79 Å². The molecule has 0 saturated carbocycles. The Hall–Kier alpha value is -3.41. The van der Waals surface area contributed by atoms with Gasteiger partial charge in [0, 0.05) is 11.6 Å². The summed E-state index contributed by atoms with van der Waals surface area (Å²) in [6.07, 6.45) is 2.77. The average molecular weight is 365 g/mol. The molecule has 0 aliphatic carbocycles. The molecule has 0 fully saturated rings. The third-order valence-corrected chi connectivity index (χ3v) is 4.24. The van der Waals surface area contributed by atoms with E-state index in [9.17, 15) is 9.18 Å². The lowest BCUT2D eigenvalue weighted by Gasteiger charge is -2.14. The lowest BCUT2D eigenvalue weighted by Crippen LogP contribution is -2.24. The molecule has 3 N–H and O–H groups in total. The number of hydrogen-bond donors (Lipinski definition) is 2. The van der Waals surface area contributed by atoms with Crippen LogP contribution in [0, 0.1) is 12.7 Å². The number of anilines is 1. The molecular formula is C21H20FN3O2. The first kappa shape index (κ1) is 18.4. The molecule has 0 aliphatic rings. The van der Waals surface area contributed by atoms with Gasteiger partial charge in [-0.1, -0.05) is 41.6 Å². The molecular weight excluding hydrogens is 345 g/mol. The molecule has 5 nitrogen and oxygen atoms in total. The van der Waals surface area contributed by atoms with Crippen molar-refractivity contribution < 1.29 is 13.7 Å². The number of hydrogen-bond acceptors (Lipinski definition) is 4. The molecule has 2 aromatic carbocycles. The summed E-state index contributed by atoms with van der Waals surface area (Å²) in [4.78, 5) is 12.2. The SMILES string of the molecule is Cc1onc(N)c1-c1cccc([C@H](C)NC(=O)/C=C/c2ccccc2F)c1. The summed E-state index contributed by atoms with van der Waals surface area (Å²) in [7, 11) is 0. The highest BCUT2D eigenvalue weighted by Crippen LogP contribution is 2.30. The van der Waals surface area contributed by atoms with Crippen molar-refractivity contribution >= 4 is 17.8 Å². The van der Waals surface area contributed by atoms with Crippen molar-refractivity contribution in [2.75, 3.05) is 5.73 Å². The maximum Gasteiger partial charge on any atom is 0.244 e. The van der Waals surface area contributed by atoms with E-state index in [2.05, 4.69) is 10.5 Å². The molecule has 3 rings (SSSR count). The van der Waals surface area contributed by atoms with Gasteiger partial charge >= 0.3 is 0 Å². The molecule has 1 atom stereocenters. The average Bonchev–Trinajstić information content (AvgIpc) is 2.99. The summed E-state index contributed by atoms with van der Waals surface area (Å²) in [6.45, 7) is 3.67. The van der Waals surface area contributed by atoms with Crippen LogP contribution in [-0.4, -0.2) is 11.1 Å². The van der Waals surface area contributed by atoms with Crippen molar-refractivity contribution in [1.82, 2.24) is 10.5 Å². The molecule has 0 bridgehead atoms.